The summed E-state index contributed by atoms with van der Waals surface area (Å²) in [5.41, 5.74) is 0.710. The minimum atomic E-state index is -0.0224. The molecule has 1 saturated heterocycles. The van der Waals surface area contributed by atoms with Crippen LogP contribution < -0.4 is 5.32 Å². The quantitative estimate of drug-likeness (QED) is 0.924. The van der Waals surface area contributed by atoms with Gasteiger partial charge in [0.15, 0.2) is 0 Å². The van der Waals surface area contributed by atoms with Gasteiger partial charge in [0.1, 0.15) is 0 Å². The van der Waals surface area contributed by atoms with Crippen LogP contribution in [0.3, 0.4) is 0 Å². The molecule has 0 unspecified atom stereocenters. The van der Waals surface area contributed by atoms with Gasteiger partial charge in [-0.15, -0.1) is 0 Å². The van der Waals surface area contributed by atoms with Crippen molar-refractivity contribution < 1.29 is 9.59 Å². The molecule has 0 saturated carbocycles. The molecule has 5 nitrogen and oxygen atoms in total. The van der Waals surface area contributed by atoms with Crippen LogP contribution in [0.15, 0.2) is 30.3 Å². The lowest BCUT2D eigenvalue weighted by molar-refractivity contribution is 0.0762. The molecule has 114 valence electrons. The van der Waals surface area contributed by atoms with Gasteiger partial charge in [-0.3, -0.25) is 4.79 Å². The van der Waals surface area contributed by atoms with Gasteiger partial charge in [-0.25, -0.2) is 4.79 Å². The molecule has 2 rings (SSSR count). The molecule has 21 heavy (non-hydrogen) atoms. The van der Waals surface area contributed by atoms with Crippen LogP contribution in [0.2, 0.25) is 0 Å². The number of amides is 3. The van der Waals surface area contributed by atoms with Gasteiger partial charge in [0.25, 0.3) is 5.91 Å². The van der Waals surface area contributed by atoms with Crippen molar-refractivity contribution >= 4 is 11.9 Å². The van der Waals surface area contributed by atoms with E-state index in [9.17, 15) is 9.59 Å². The highest BCUT2D eigenvalue weighted by atomic mass is 16.2. The number of urea groups is 1. The first-order chi connectivity index (χ1) is 10.2. The Labute approximate surface area is 125 Å². The summed E-state index contributed by atoms with van der Waals surface area (Å²) in [5, 5.41) is 2.89. The minimum absolute atomic E-state index is 0.0224. The van der Waals surface area contributed by atoms with E-state index in [0.29, 0.717) is 38.3 Å². The van der Waals surface area contributed by atoms with Gasteiger partial charge in [-0.1, -0.05) is 25.1 Å². The van der Waals surface area contributed by atoms with Crippen LogP contribution in [0.25, 0.3) is 0 Å². The van der Waals surface area contributed by atoms with Crippen LogP contribution in [0.5, 0.6) is 0 Å². The second kappa shape index (κ2) is 7.67. The van der Waals surface area contributed by atoms with Crippen LogP contribution in [0.1, 0.15) is 30.1 Å². The number of hydrogen-bond donors (Lipinski definition) is 1. The van der Waals surface area contributed by atoms with Crippen LogP contribution in [0, 0.1) is 0 Å². The van der Waals surface area contributed by atoms with E-state index in [1.807, 2.05) is 42.2 Å². The number of nitrogens with one attached hydrogen (secondary N) is 1. The highest BCUT2D eigenvalue weighted by molar-refractivity contribution is 5.94. The molecule has 1 fully saturated rings. The Balaban J connectivity index is 1.91. The first kappa shape index (κ1) is 15.4. The summed E-state index contributed by atoms with van der Waals surface area (Å²) in [6, 6.07) is 9.29. The van der Waals surface area contributed by atoms with Crippen molar-refractivity contribution in [1.82, 2.24) is 15.1 Å². The van der Waals surface area contributed by atoms with E-state index in [2.05, 4.69) is 5.32 Å². The number of carbonyl (C=O) groups excluding carboxylic acids is 2. The maximum absolute atomic E-state index is 12.4. The summed E-state index contributed by atoms with van der Waals surface area (Å²) in [6.07, 6.45) is 1.75. The molecule has 0 aliphatic carbocycles. The number of carbonyl (C=O) groups is 2. The van der Waals surface area contributed by atoms with Gasteiger partial charge in [0, 0.05) is 38.3 Å². The first-order valence-electron chi connectivity index (χ1n) is 7.59. The van der Waals surface area contributed by atoms with Crippen LogP contribution in [0.4, 0.5) is 4.79 Å². The summed E-state index contributed by atoms with van der Waals surface area (Å²) in [5.74, 6) is 0.0476. The zero-order valence-electron chi connectivity index (χ0n) is 12.5. The fourth-order valence-electron chi connectivity index (χ4n) is 2.43. The molecule has 0 aromatic heterocycles. The second-order valence-electron chi connectivity index (χ2n) is 5.23. The third-order valence-corrected chi connectivity index (χ3v) is 3.62. The fraction of sp³-hybridized carbons (Fsp3) is 0.500. The standard InChI is InChI=1S/C16H23N3O2/c1-2-9-17-16(21)19-11-6-10-18(12-13-19)15(20)14-7-4-3-5-8-14/h3-5,7-8H,2,6,9-13H2,1H3,(H,17,21). The van der Waals surface area contributed by atoms with E-state index < -0.39 is 0 Å². The van der Waals surface area contributed by atoms with E-state index in [4.69, 9.17) is 0 Å². The largest absolute Gasteiger partial charge is 0.338 e. The number of nitrogens with zero attached hydrogens (tertiary/aromatic N) is 2. The van der Waals surface area contributed by atoms with Crippen molar-refractivity contribution in [1.29, 1.82) is 0 Å². The molecule has 1 N–H and O–H groups in total. The molecule has 0 radical (unpaired) electrons. The summed E-state index contributed by atoms with van der Waals surface area (Å²) in [4.78, 5) is 28.0. The smallest absolute Gasteiger partial charge is 0.317 e. The molecule has 0 atom stereocenters. The zero-order valence-corrected chi connectivity index (χ0v) is 12.5. The Kier molecular flexibility index (Phi) is 5.60. The first-order valence-corrected chi connectivity index (χ1v) is 7.59. The van der Waals surface area contributed by atoms with E-state index in [1.54, 1.807) is 4.90 Å². The maximum Gasteiger partial charge on any atom is 0.317 e. The van der Waals surface area contributed by atoms with Crippen molar-refractivity contribution in [2.24, 2.45) is 0 Å². The molecule has 1 aliphatic rings. The van der Waals surface area contributed by atoms with E-state index in [-0.39, 0.29) is 11.9 Å². The molecular formula is C16H23N3O2. The van der Waals surface area contributed by atoms with Gasteiger partial charge < -0.3 is 15.1 Å². The minimum Gasteiger partial charge on any atom is -0.338 e. The summed E-state index contributed by atoms with van der Waals surface area (Å²) in [7, 11) is 0. The topological polar surface area (TPSA) is 52.7 Å². The van der Waals surface area contributed by atoms with Crippen LogP contribution in [-0.2, 0) is 0 Å². The molecule has 3 amide bonds. The molecule has 1 aromatic rings. The van der Waals surface area contributed by atoms with Gasteiger partial charge in [-0.2, -0.15) is 0 Å². The number of rotatable bonds is 3. The van der Waals surface area contributed by atoms with Crippen molar-refractivity contribution in [3.05, 3.63) is 35.9 Å². The Morgan fingerprint density at radius 2 is 1.71 bits per heavy atom. The van der Waals surface area contributed by atoms with Gasteiger partial charge in [-0.05, 0) is 25.0 Å². The van der Waals surface area contributed by atoms with Crippen LogP contribution >= 0.6 is 0 Å². The highest BCUT2D eigenvalue weighted by Gasteiger charge is 2.22. The van der Waals surface area contributed by atoms with Crippen molar-refractivity contribution in [2.45, 2.75) is 19.8 Å². The van der Waals surface area contributed by atoms with E-state index >= 15 is 0 Å². The molecule has 1 aromatic carbocycles. The summed E-state index contributed by atoms with van der Waals surface area (Å²) < 4.78 is 0. The molecule has 0 bridgehead atoms. The number of benzene rings is 1. The Morgan fingerprint density at radius 1 is 1.05 bits per heavy atom. The lowest BCUT2D eigenvalue weighted by Gasteiger charge is -2.22. The molecular weight excluding hydrogens is 266 g/mol. The molecule has 1 heterocycles. The summed E-state index contributed by atoms with van der Waals surface area (Å²) in [6.45, 7) is 5.31. The normalized spacial score (nSPS) is 15.5. The fourth-order valence-corrected chi connectivity index (χ4v) is 2.43. The lowest BCUT2D eigenvalue weighted by Crippen LogP contribution is -2.42. The van der Waals surface area contributed by atoms with Gasteiger partial charge >= 0.3 is 6.03 Å². The number of hydrogen-bond acceptors (Lipinski definition) is 2. The Morgan fingerprint density at radius 3 is 2.43 bits per heavy atom. The average Bonchev–Trinajstić information content (AvgIpc) is 2.79. The van der Waals surface area contributed by atoms with Gasteiger partial charge in [0.2, 0.25) is 0 Å². The highest BCUT2D eigenvalue weighted by Crippen LogP contribution is 2.09. The third kappa shape index (κ3) is 4.21. The van der Waals surface area contributed by atoms with E-state index in [0.717, 1.165) is 12.8 Å². The molecule has 0 spiro atoms. The lowest BCUT2D eigenvalue weighted by atomic mass is 10.2. The molecule has 1 aliphatic heterocycles. The molecule has 5 heteroatoms. The third-order valence-electron chi connectivity index (χ3n) is 3.62. The average molecular weight is 289 g/mol. The summed E-state index contributed by atoms with van der Waals surface area (Å²) >= 11 is 0. The monoisotopic (exact) mass is 289 g/mol. The zero-order chi connectivity index (χ0) is 15.1. The predicted molar refractivity (Wildman–Crippen MR) is 82.2 cm³/mol. The van der Waals surface area contributed by atoms with Crippen molar-refractivity contribution in [2.75, 3.05) is 32.7 Å². The van der Waals surface area contributed by atoms with Crippen molar-refractivity contribution in [3.8, 4) is 0 Å². The maximum atomic E-state index is 12.4. The van der Waals surface area contributed by atoms with Crippen molar-refractivity contribution in [3.63, 3.8) is 0 Å². The second-order valence-corrected chi connectivity index (χ2v) is 5.23. The Bertz CT molecular complexity index is 476. The van der Waals surface area contributed by atoms with Gasteiger partial charge in [0.05, 0.1) is 0 Å². The SMILES string of the molecule is CCCNC(=O)N1CCCN(C(=O)c2ccccc2)CC1. The Hall–Kier alpha value is -2.04. The predicted octanol–water partition coefficient (Wildman–Crippen LogP) is 1.95. The van der Waals surface area contributed by atoms with E-state index in [1.165, 1.54) is 0 Å². The van der Waals surface area contributed by atoms with Crippen LogP contribution in [-0.4, -0.2) is 54.5 Å².